The standard InChI is InChI=1S/C12H14O2/c1-8(13)5-11-6-9-3-2-4-10(9)7-12(11)14/h6-7,14H,2-5H2,1H3. The highest BCUT2D eigenvalue weighted by molar-refractivity contribution is 5.79. The summed E-state index contributed by atoms with van der Waals surface area (Å²) < 4.78 is 0. The molecule has 0 unspecified atom stereocenters. The molecular formula is C12H14O2. The highest BCUT2D eigenvalue weighted by Gasteiger charge is 2.14. The summed E-state index contributed by atoms with van der Waals surface area (Å²) in [6, 6.07) is 3.81. The van der Waals surface area contributed by atoms with Gasteiger partial charge in [-0.3, -0.25) is 4.79 Å². The van der Waals surface area contributed by atoms with Crippen molar-refractivity contribution in [2.45, 2.75) is 32.6 Å². The zero-order valence-corrected chi connectivity index (χ0v) is 8.34. The van der Waals surface area contributed by atoms with Gasteiger partial charge in [0.15, 0.2) is 0 Å². The molecule has 1 aromatic carbocycles. The molecule has 14 heavy (non-hydrogen) atoms. The van der Waals surface area contributed by atoms with Crippen LogP contribution < -0.4 is 0 Å². The summed E-state index contributed by atoms with van der Waals surface area (Å²) in [7, 11) is 0. The average molecular weight is 190 g/mol. The van der Waals surface area contributed by atoms with Crippen molar-refractivity contribution in [1.82, 2.24) is 0 Å². The Morgan fingerprint density at radius 3 is 2.64 bits per heavy atom. The maximum atomic E-state index is 11.0. The predicted molar refractivity (Wildman–Crippen MR) is 54.5 cm³/mol. The molecular weight excluding hydrogens is 176 g/mol. The van der Waals surface area contributed by atoms with Gasteiger partial charge in [0.2, 0.25) is 0 Å². The Hall–Kier alpha value is -1.31. The largest absolute Gasteiger partial charge is 0.508 e. The lowest BCUT2D eigenvalue weighted by Crippen LogP contribution is -1.98. The number of carbonyl (C=O) groups is 1. The first-order chi connectivity index (χ1) is 6.66. The van der Waals surface area contributed by atoms with Crippen LogP contribution in [0.25, 0.3) is 0 Å². The minimum absolute atomic E-state index is 0.0956. The topological polar surface area (TPSA) is 37.3 Å². The number of hydrogen-bond donors (Lipinski definition) is 1. The van der Waals surface area contributed by atoms with Crippen LogP contribution in [0.5, 0.6) is 5.75 Å². The Morgan fingerprint density at radius 2 is 2.00 bits per heavy atom. The first kappa shape index (κ1) is 9.25. The molecule has 0 spiro atoms. The lowest BCUT2D eigenvalue weighted by atomic mass is 10.0. The predicted octanol–water partition coefficient (Wildman–Crippen LogP) is 2.01. The van der Waals surface area contributed by atoms with Crippen molar-refractivity contribution in [3.8, 4) is 5.75 Å². The van der Waals surface area contributed by atoms with Crippen LogP contribution >= 0.6 is 0 Å². The van der Waals surface area contributed by atoms with Crippen molar-refractivity contribution >= 4 is 5.78 Å². The van der Waals surface area contributed by atoms with Gasteiger partial charge in [-0.25, -0.2) is 0 Å². The molecule has 0 bridgehead atoms. The molecule has 2 nitrogen and oxygen atoms in total. The fraction of sp³-hybridized carbons (Fsp3) is 0.417. The molecule has 0 amide bonds. The lowest BCUT2D eigenvalue weighted by molar-refractivity contribution is -0.116. The van der Waals surface area contributed by atoms with E-state index in [2.05, 4.69) is 0 Å². The number of rotatable bonds is 2. The van der Waals surface area contributed by atoms with Crippen molar-refractivity contribution in [3.63, 3.8) is 0 Å². The molecule has 1 N–H and O–H groups in total. The van der Waals surface area contributed by atoms with Gasteiger partial charge in [-0.05, 0) is 43.4 Å². The number of ketones is 1. The number of Topliss-reactive ketones (excluding diaryl/α,β-unsaturated/α-hetero) is 1. The van der Waals surface area contributed by atoms with Crippen molar-refractivity contribution < 1.29 is 9.90 Å². The molecule has 0 aromatic heterocycles. The third-order valence-electron chi connectivity index (χ3n) is 2.73. The molecule has 2 heteroatoms. The van der Waals surface area contributed by atoms with Gasteiger partial charge in [-0.15, -0.1) is 0 Å². The van der Waals surface area contributed by atoms with E-state index in [0.717, 1.165) is 24.8 Å². The van der Waals surface area contributed by atoms with Crippen molar-refractivity contribution in [2.24, 2.45) is 0 Å². The Balaban J connectivity index is 2.37. The average Bonchev–Trinajstić information content (AvgIpc) is 2.51. The summed E-state index contributed by atoms with van der Waals surface area (Å²) in [5.41, 5.74) is 3.33. The van der Waals surface area contributed by atoms with E-state index >= 15 is 0 Å². The van der Waals surface area contributed by atoms with E-state index in [-0.39, 0.29) is 11.5 Å². The number of benzene rings is 1. The molecule has 0 saturated carbocycles. The fourth-order valence-electron chi connectivity index (χ4n) is 2.07. The molecule has 0 radical (unpaired) electrons. The van der Waals surface area contributed by atoms with E-state index in [0.29, 0.717) is 6.42 Å². The van der Waals surface area contributed by atoms with Crippen molar-refractivity contribution in [2.75, 3.05) is 0 Å². The minimum Gasteiger partial charge on any atom is -0.508 e. The zero-order chi connectivity index (χ0) is 10.1. The summed E-state index contributed by atoms with van der Waals surface area (Å²) >= 11 is 0. The SMILES string of the molecule is CC(=O)Cc1cc2c(cc1O)CCC2. The quantitative estimate of drug-likeness (QED) is 0.774. The smallest absolute Gasteiger partial charge is 0.134 e. The number of aromatic hydroxyl groups is 1. The normalized spacial score (nSPS) is 14.1. The van der Waals surface area contributed by atoms with Crippen LogP contribution in [0.1, 0.15) is 30.0 Å². The number of phenolic OH excluding ortho intramolecular Hbond substituents is 1. The number of phenols is 1. The van der Waals surface area contributed by atoms with Crippen molar-refractivity contribution in [1.29, 1.82) is 0 Å². The van der Waals surface area contributed by atoms with Crippen LogP contribution in [0.4, 0.5) is 0 Å². The molecule has 0 heterocycles. The number of aryl methyl sites for hydroxylation is 2. The second-order valence-corrected chi connectivity index (χ2v) is 3.98. The van der Waals surface area contributed by atoms with Gasteiger partial charge in [0.1, 0.15) is 11.5 Å². The van der Waals surface area contributed by atoms with Gasteiger partial charge < -0.3 is 5.11 Å². The van der Waals surface area contributed by atoms with Crippen LogP contribution in [-0.4, -0.2) is 10.9 Å². The maximum absolute atomic E-state index is 11.0. The fourth-order valence-corrected chi connectivity index (χ4v) is 2.07. The molecule has 0 aliphatic heterocycles. The van der Waals surface area contributed by atoms with E-state index in [4.69, 9.17) is 0 Å². The molecule has 0 fully saturated rings. The van der Waals surface area contributed by atoms with Crippen LogP contribution in [-0.2, 0) is 24.1 Å². The van der Waals surface area contributed by atoms with Gasteiger partial charge in [-0.1, -0.05) is 6.07 Å². The Kier molecular flexibility index (Phi) is 2.28. The van der Waals surface area contributed by atoms with Gasteiger partial charge in [0, 0.05) is 12.0 Å². The molecule has 0 saturated heterocycles. The third kappa shape index (κ3) is 1.65. The van der Waals surface area contributed by atoms with Gasteiger partial charge >= 0.3 is 0 Å². The molecule has 74 valence electrons. The van der Waals surface area contributed by atoms with Gasteiger partial charge in [0.05, 0.1) is 0 Å². The van der Waals surface area contributed by atoms with Crippen LogP contribution in [0.15, 0.2) is 12.1 Å². The Bertz CT molecular complexity index is 380. The highest BCUT2D eigenvalue weighted by atomic mass is 16.3. The summed E-state index contributed by atoms with van der Waals surface area (Å²) in [6.45, 7) is 1.55. The second-order valence-electron chi connectivity index (χ2n) is 3.98. The summed E-state index contributed by atoms with van der Waals surface area (Å²) in [5, 5.41) is 9.67. The third-order valence-corrected chi connectivity index (χ3v) is 2.73. The monoisotopic (exact) mass is 190 g/mol. The first-order valence-corrected chi connectivity index (χ1v) is 5.00. The van der Waals surface area contributed by atoms with Gasteiger partial charge in [0.25, 0.3) is 0 Å². The number of carbonyl (C=O) groups excluding carboxylic acids is 1. The highest BCUT2D eigenvalue weighted by Crippen LogP contribution is 2.29. The number of fused-ring (bicyclic) bond motifs is 1. The lowest BCUT2D eigenvalue weighted by Gasteiger charge is -2.06. The number of hydrogen-bond acceptors (Lipinski definition) is 2. The first-order valence-electron chi connectivity index (χ1n) is 5.00. The minimum atomic E-state index is 0.0956. The second kappa shape index (κ2) is 3.45. The van der Waals surface area contributed by atoms with E-state index in [1.54, 1.807) is 6.92 Å². The summed E-state index contributed by atoms with van der Waals surface area (Å²) in [6.07, 6.45) is 3.65. The van der Waals surface area contributed by atoms with Crippen molar-refractivity contribution in [3.05, 3.63) is 28.8 Å². The van der Waals surface area contributed by atoms with Crippen LogP contribution in [0.3, 0.4) is 0 Å². The van der Waals surface area contributed by atoms with Gasteiger partial charge in [-0.2, -0.15) is 0 Å². The Labute approximate surface area is 83.6 Å². The van der Waals surface area contributed by atoms with Crippen LogP contribution in [0.2, 0.25) is 0 Å². The van der Waals surface area contributed by atoms with E-state index in [9.17, 15) is 9.90 Å². The summed E-state index contributed by atoms with van der Waals surface area (Å²) in [4.78, 5) is 11.0. The van der Waals surface area contributed by atoms with E-state index in [1.165, 1.54) is 11.1 Å². The molecule has 0 atom stereocenters. The molecule has 1 aliphatic rings. The molecule has 2 rings (SSSR count). The Morgan fingerprint density at radius 1 is 1.36 bits per heavy atom. The maximum Gasteiger partial charge on any atom is 0.134 e. The van der Waals surface area contributed by atoms with E-state index < -0.39 is 0 Å². The van der Waals surface area contributed by atoms with E-state index in [1.807, 2.05) is 12.1 Å². The molecule has 1 aliphatic carbocycles. The summed E-state index contributed by atoms with van der Waals surface area (Å²) in [5.74, 6) is 0.374. The zero-order valence-electron chi connectivity index (χ0n) is 8.34. The molecule has 1 aromatic rings. The van der Waals surface area contributed by atoms with Crippen LogP contribution in [0, 0.1) is 0 Å².